The number of likely N-dealkylation sites (N-methyl/N-ethyl adjacent to an activating group) is 1. The Labute approximate surface area is 163 Å². The van der Waals surface area contributed by atoms with E-state index in [1.54, 1.807) is 0 Å². The molecule has 0 spiro atoms. The summed E-state index contributed by atoms with van der Waals surface area (Å²) in [6.45, 7) is 10.4. The summed E-state index contributed by atoms with van der Waals surface area (Å²) in [4.78, 5) is 12.2. The van der Waals surface area contributed by atoms with E-state index in [4.69, 9.17) is 4.98 Å². The number of nitrogens with zero attached hydrogens (tertiary/aromatic N) is 4. The second-order valence-corrected chi connectivity index (χ2v) is 8.17. The molecule has 4 nitrogen and oxygen atoms in total. The SMILES string of the molecule is CC(c1ccc(-c2ccc(CN3CCN(C)CC3)cn2)cc1)N1CCCC1. The van der Waals surface area contributed by atoms with Crippen molar-refractivity contribution in [3.8, 4) is 11.3 Å². The van der Waals surface area contributed by atoms with Crippen LogP contribution in [0.3, 0.4) is 0 Å². The van der Waals surface area contributed by atoms with Crippen LogP contribution in [0.5, 0.6) is 0 Å². The van der Waals surface area contributed by atoms with E-state index in [0.29, 0.717) is 6.04 Å². The van der Waals surface area contributed by atoms with Gasteiger partial charge in [0.1, 0.15) is 0 Å². The van der Waals surface area contributed by atoms with E-state index in [0.717, 1.165) is 38.4 Å². The van der Waals surface area contributed by atoms with E-state index in [1.165, 1.54) is 42.6 Å². The van der Waals surface area contributed by atoms with E-state index in [2.05, 4.69) is 71.3 Å². The maximum atomic E-state index is 4.73. The smallest absolute Gasteiger partial charge is 0.0702 e. The first-order valence-electron chi connectivity index (χ1n) is 10.4. The van der Waals surface area contributed by atoms with Crippen LogP contribution in [0, 0.1) is 0 Å². The van der Waals surface area contributed by atoms with E-state index in [1.807, 2.05) is 0 Å². The quantitative estimate of drug-likeness (QED) is 0.808. The van der Waals surface area contributed by atoms with E-state index in [9.17, 15) is 0 Å². The van der Waals surface area contributed by atoms with Crippen LogP contribution in [-0.4, -0.2) is 66.0 Å². The van der Waals surface area contributed by atoms with Gasteiger partial charge in [-0.3, -0.25) is 14.8 Å². The van der Waals surface area contributed by atoms with Crippen molar-refractivity contribution >= 4 is 0 Å². The van der Waals surface area contributed by atoms with Crippen molar-refractivity contribution in [1.82, 2.24) is 19.7 Å². The van der Waals surface area contributed by atoms with E-state index in [-0.39, 0.29) is 0 Å². The average Bonchev–Trinajstić information content (AvgIpc) is 3.25. The zero-order valence-corrected chi connectivity index (χ0v) is 16.8. The number of benzene rings is 1. The highest BCUT2D eigenvalue weighted by molar-refractivity contribution is 5.59. The molecule has 1 unspecified atom stereocenters. The summed E-state index contributed by atoms with van der Waals surface area (Å²) in [5, 5.41) is 0. The van der Waals surface area contributed by atoms with Gasteiger partial charge < -0.3 is 4.90 Å². The third-order valence-electron chi connectivity index (χ3n) is 6.20. The van der Waals surface area contributed by atoms with Crippen molar-refractivity contribution in [1.29, 1.82) is 0 Å². The average molecular weight is 365 g/mol. The summed E-state index contributed by atoms with van der Waals surface area (Å²) >= 11 is 0. The van der Waals surface area contributed by atoms with Gasteiger partial charge in [0.15, 0.2) is 0 Å². The zero-order chi connectivity index (χ0) is 18.6. The fraction of sp³-hybridized carbons (Fsp3) is 0.522. The zero-order valence-electron chi connectivity index (χ0n) is 16.8. The number of likely N-dealkylation sites (tertiary alicyclic amines) is 1. The molecule has 2 aliphatic heterocycles. The summed E-state index contributed by atoms with van der Waals surface area (Å²) in [6, 6.07) is 13.9. The molecule has 1 aromatic carbocycles. The predicted molar refractivity (Wildman–Crippen MR) is 112 cm³/mol. The minimum absolute atomic E-state index is 0.514. The number of hydrogen-bond acceptors (Lipinski definition) is 4. The number of piperazine rings is 1. The third kappa shape index (κ3) is 4.57. The highest BCUT2D eigenvalue weighted by Crippen LogP contribution is 2.26. The van der Waals surface area contributed by atoms with Crippen LogP contribution in [-0.2, 0) is 6.54 Å². The Bertz CT molecular complexity index is 711. The second-order valence-electron chi connectivity index (χ2n) is 8.17. The molecular formula is C23H32N4. The third-order valence-corrected chi connectivity index (χ3v) is 6.20. The van der Waals surface area contributed by atoms with Crippen molar-refractivity contribution in [2.45, 2.75) is 32.4 Å². The lowest BCUT2D eigenvalue weighted by atomic mass is 10.0. The first-order valence-corrected chi connectivity index (χ1v) is 10.4. The first-order chi connectivity index (χ1) is 13.2. The molecule has 1 aromatic heterocycles. The molecule has 0 N–H and O–H groups in total. The van der Waals surface area contributed by atoms with Crippen LogP contribution < -0.4 is 0 Å². The minimum atomic E-state index is 0.514. The lowest BCUT2D eigenvalue weighted by Crippen LogP contribution is -2.43. The molecule has 4 rings (SSSR count). The molecular weight excluding hydrogens is 332 g/mol. The van der Waals surface area contributed by atoms with Gasteiger partial charge in [-0.15, -0.1) is 0 Å². The largest absolute Gasteiger partial charge is 0.304 e. The molecule has 2 saturated heterocycles. The summed E-state index contributed by atoms with van der Waals surface area (Å²) in [5.74, 6) is 0. The van der Waals surface area contributed by atoms with Crippen molar-refractivity contribution in [2.24, 2.45) is 0 Å². The lowest BCUT2D eigenvalue weighted by Gasteiger charge is -2.32. The van der Waals surface area contributed by atoms with Crippen molar-refractivity contribution in [2.75, 3.05) is 46.3 Å². The van der Waals surface area contributed by atoms with Gasteiger partial charge in [0.25, 0.3) is 0 Å². The molecule has 0 aliphatic carbocycles. The van der Waals surface area contributed by atoms with Crippen molar-refractivity contribution in [3.63, 3.8) is 0 Å². The summed E-state index contributed by atoms with van der Waals surface area (Å²) in [5.41, 5.74) is 4.99. The van der Waals surface area contributed by atoms with Gasteiger partial charge in [-0.2, -0.15) is 0 Å². The maximum Gasteiger partial charge on any atom is 0.0702 e. The molecule has 2 aliphatic rings. The molecule has 27 heavy (non-hydrogen) atoms. The molecule has 2 aromatic rings. The van der Waals surface area contributed by atoms with E-state index < -0.39 is 0 Å². The van der Waals surface area contributed by atoms with Crippen LogP contribution in [0.4, 0.5) is 0 Å². The number of rotatable bonds is 5. The first kappa shape index (κ1) is 18.6. The molecule has 3 heterocycles. The second kappa shape index (κ2) is 8.51. The van der Waals surface area contributed by atoms with Crippen LogP contribution in [0.1, 0.15) is 36.9 Å². The van der Waals surface area contributed by atoms with Crippen LogP contribution in [0.25, 0.3) is 11.3 Å². The normalized spacial score (nSPS) is 20.8. The number of aromatic nitrogens is 1. The monoisotopic (exact) mass is 364 g/mol. The molecule has 0 amide bonds. The maximum absolute atomic E-state index is 4.73. The van der Waals surface area contributed by atoms with Crippen LogP contribution in [0.15, 0.2) is 42.6 Å². The fourth-order valence-electron chi connectivity index (χ4n) is 4.23. The fourth-order valence-corrected chi connectivity index (χ4v) is 4.23. The van der Waals surface area contributed by atoms with Gasteiger partial charge in [-0.25, -0.2) is 0 Å². The Morgan fingerprint density at radius 2 is 1.59 bits per heavy atom. The molecule has 144 valence electrons. The summed E-state index contributed by atoms with van der Waals surface area (Å²) in [6.07, 6.45) is 4.73. The van der Waals surface area contributed by atoms with Gasteiger partial charge in [-0.1, -0.05) is 30.3 Å². The Kier molecular flexibility index (Phi) is 5.86. The summed E-state index contributed by atoms with van der Waals surface area (Å²) in [7, 11) is 2.20. The Balaban J connectivity index is 1.38. The van der Waals surface area contributed by atoms with Crippen molar-refractivity contribution in [3.05, 3.63) is 53.7 Å². The summed E-state index contributed by atoms with van der Waals surface area (Å²) < 4.78 is 0. The number of pyridine rings is 1. The van der Waals surface area contributed by atoms with Crippen molar-refractivity contribution < 1.29 is 0 Å². The molecule has 0 bridgehead atoms. The lowest BCUT2D eigenvalue weighted by molar-refractivity contribution is 0.148. The van der Waals surface area contributed by atoms with Gasteiger partial charge in [0, 0.05) is 50.5 Å². The topological polar surface area (TPSA) is 22.6 Å². The molecule has 2 fully saturated rings. The highest BCUT2D eigenvalue weighted by atomic mass is 15.2. The molecule has 0 saturated carbocycles. The van der Waals surface area contributed by atoms with Gasteiger partial charge >= 0.3 is 0 Å². The van der Waals surface area contributed by atoms with Gasteiger partial charge in [0.2, 0.25) is 0 Å². The predicted octanol–water partition coefficient (Wildman–Crippen LogP) is 3.65. The number of hydrogen-bond donors (Lipinski definition) is 0. The standard InChI is InChI=1S/C23H32N4/c1-19(27-11-3-4-12-27)21-6-8-22(9-7-21)23-10-5-20(17-24-23)18-26-15-13-25(2)14-16-26/h5-10,17,19H,3-4,11-16,18H2,1-2H3. The molecule has 1 atom stereocenters. The Morgan fingerprint density at radius 1 is 0.889 bits per heavy atom. The van der Waals surface area contributed by atoms with E-state index >= 15 is 0 Å². The van der Waals surface area contributed by atoms with Crippen LogP contribution >= 0.6 is 0 Å². The Hall–Kier alpha value is -1.75. The molecule has 4 heteroatoms. The van der Waals surface area contributed by atoms with Crippen LogP contribution in [0.2, 0.25) is 0 Å². The van der Waals surface area contributed by atoms with Gasteiger partial charge in [-0.05, 0) is 57.1 Å². The Morgan fingerprint density at radius 3 is 2.22 bits per heavy atom. The van der Waals surface area contributed by atoms with Gasteiger partial charge in [0.05, 0.1) is 5.69 Å². The minimum Gasteiger partial charge on any atom is -0.304 e. The molecule has 0 radical (unpaired) electrons. The highest BCUT2D eigenvalue weighted by Gasteiger charge is 2.19.